The molecule has 3 atom stereocenters. The maximum Gasteiger partial charge on any atom is 0.0897 e. The number of hydrogen-bond acceptors (Lipinski definition) is 4. The third-order valence-electron chi connectivity index (χ3n) is 3.22. The van der Waals surface area contributed by atoms with E-state index in [1.54, 1.807) is 0 Å². The van der Waals surface area contributed by atoms with Gasteiger partial charge in [0.15, 0.2) is 0 Å². The van der Waals surface area contributed by atoms with Crippen molar-refractivity contribution in [1.29, 1.82) is 0 Å². The Balaban J connectivity index is 2.12. The van der Waals surface area contributed by atoms with Crippen molar-refractivity contribution in [3.63, 3.8) is 0 Å². The molecule has 0 spiro atoms. The summed E-state index contributed by atoms with van der Waals surface area (Å²) in [5, 5.41) is 14.0. The Labute approximate surface area is 110 Å². The highest BCUT2D eigenvalue weighted by molar-refractivity contribution is 7.99. The Bertz CT molecular complexity index is 202. The van der Waals surface area contributed by atoms with E-state index in [0.29, 0.717) is 19.2 Å². The minimum Gasteiger partial charge on any atom is -0.389 e. The predicted octanol–water partition coefficient (Wildman–Crippen LogP) is 2.04. The molecule has 0 amide bonds. The molecule has 1 rings (SSSR count). The Morgan fingerprint density at radius 3 is 2.82 bits per heavy atom. The van der Waals surface area contributed by atoms with Crippen LogP contribution < -0.4 is 5.32 Å². The molecule has 1 aliphatic rings. The molecule has 0 saturated heterocycles. The van der Waals surface area contributed by atoms with Gasteiger partial charge in [0, 0.05) is 17.8 Å². The number of aliphatic hydroxyl groups excluding tert-OH is 1. The van der Waals surface area contributed by atoms with Crippen molar-refractivity contribution in [1.82, 2.24) is 5.32 Å². The van der Waals surface area contributed by atoms with E-state index in [0.717, 1.165) is 5.25 Å². The summed E-state index contributed by atoms with van der Waals surface area (Å²) < 4.78 is 5.39. The minimum atomic E-state index is -0.382. The van der Waals surface area contributed by atoms with Crippen LogP contribution in [0.25, 0.3) is 0 Å². The van der Waals surface area contributed by atoms with Gasteiger partial charge in [-0.25, -0.2) is 0 Å². The molecule has 3 unspecified atom stereocenters. The zero-order valence-corrected chi connectivity index (χ0v) is 12.1. The number of aliphatic hydroxyl groups is 1. The van der Waals surface area contributed by atoms with Gasteiger partial charge in [0.05, 0.1) is 18.8 Å². The molecule has 1 fully saturated rings. The van der Waals surface area contributed by atoms with Crippen LogP contribution in [0.15, 0.2) is 0 Å². The highest BCUT2D eigenvalue weighted by Gasteiger charge is 2.21. The number of thioether (sulfide) groups is 1. The maximum absolute atomic E-state index is 9.76. The number of nitrogens with one attached hydrogen (secondary N) is 1. The first-order chi connectivity index (χ1) is 8.11. The molecule has 102 valence electrons. The van der Waals surface area contributed by atoms with Gasteiger partial charge in [0.25, 0.3) is 0 Å². The summed E-state index contributed by atoms with van der Waals surface area (Å²) >= 11 is 1.97. The standard InChI is InChI=1S/C13H27NO2S/c1-10(2)16-9-12(15)8-14-11-5-4-6-13(7-11)17-3/h10-15H,4-9H2,1-3H3. The number of rotatable bonds is 7. The lowest BCUT2D eigenvalue weighted by Crippen LogP contribution is -2.40. The molecule has 0 radical (unpaired) electrons. The van der Waals surface area contributed by atoms with E-state index in [1.165, 1.54) is 25.7 Å². The molecule has 0 aromatic rings. The second kappa shape index (κ2) is 8.35. The Kier molecular flexibility index (Phi) is 7.51. The van der Waals surface area contributed by atoms with Crippen LogP contribution in [0.4, 0.5) is 0 Å². The molecule has 4 heteroatoms. The quantitative estimate of drug-likeness (QED) is 0.736. The monoisotopic (exact) mass is 261 g/mol. The van der Waals surface area contributed by atoms with Crippen LogP contribution in [-0.2, 0) is 4.74 Å². The second-order valence-corrected chi connectivity index (χ2v) is 6.30. The highest BCUT2D eigenvalue weighted by Crippen LogP contribution is 2.26. The summed E-state index contributed by atoms with van der Waals surface area (Å²) in [5.41, 5.74) is 0. The van der Waals surface area contributed by atoms with Gasteiger partial charge in [-0.3, -0.25) is 0 Å². The third-order valence-corrected chi connectivity index (χ3v) is 4.32. The number of hydrogen-bond donors (Lipinski definition) is 2. The van der Waals surface area contributed by atoms with Crippen molar-refractivity contribution in [2.24, 2.45) is 0 Å². The fourth-order valence-corrected chi connectivity index (χ4v) is 3.04. The average Bonchev–Trinajstić information content (AvgIpc) is 2.34. The molecule has 0 bridgehead atoms. The Morgan fingerprint density at radius 2 is 2.18 bits per heavy atom. The largest absolute Gasteiger partial charge is 0.389 e. The normalized spacial score (nSPS) is 27.4. The zero-order valence-electron chi connectivity index (χ0n) is 11.3. The van der Waals surface area contributed by atoms with E-state index in [1.807, 2.05) is 25.6 Å². The summed E-state index contributed by atoms with van der Waals surface area (Å²) in [5.74, 6) is 0. The first-order valence-electron chi connectivity index (χ1n) is 6.67. The molecule has 17 heavy (non-hydrogen) atoms. The molecule has 1 aliphatic carbocycles. The first kappa shape index (κ1) is 15.3. The molecular weight excluding hydrogens is 234 g/mol. The topological polar surface area (TPSA) is 41.5 Å². The fraction of sp³-hybridized carbons (Fsp3) is 1.00. The van der Waals surface area contributed by atoms with Crippen LogP contribution in [0.3, 0.4) is 0 Å². The maximum atomic E-state index is 9.76. The first-order valence-corrected chi connectivity index (χ1v) is 7.96. The molecule has 0 aromatic carbocycles. The number of ether oxygens (including phenoxy) is 1. The molecule has 0 aromatic heterocycles. The summed E-state index contributed by atoms with van der Waals surface area (Å²) in [7, 11) is 0. The van der Waals surface area contributed by atoms with Crippen LogP contribution in [0.5, 0.6) is 0 Å². The average molecular weight is 261 g/mol. The molecule has 3 nitrogen and oxygen atoms in total. The van der Waals surface area contributed by atoms with Gasteiger partial charge in [0.2, 0.25) is 0 Å². The van der Waals surface area contributed by atoms with Crippen LogP contribution in [0, 0.1) is 0 Å². The van der Waals surface area contributed by atoms with Crippen LogP contribution in [-0.4, -0.2) is 48.0 Å². The fourth-order valence-electron chi connectivity index (χ4n) is 2.21. The van der Waals surface area contributed by atoms with Gasteiger partial charge in [0.1, 0.15) is 0 Å². The van der Waals surface area contributed by atoms with Gasteiger partial charge < -0.3 is 15.2 Å². The molecule has 1 saturated carbocycles. The molecule has 0 aliphatic heterocycles. The van der Waals surface area contributed by atoms with Crippen molar-refractivity contribution in [2.75, 3.05) is 19.4 Å². The lowest BCUT2D eigenvalue weighted by atomic mass is 9.95. The molecule has 0 heterocycles. The molecular formula is C13H27NO2S. The van der Waals surface area contributed by atoms with E-state index in [9.17, 15) is 5.11 Å². The zero-order chi connectivity index (χ0) is 12.7. The van der Waals surface area contributed by atoms with Crippen LogP contribution >= 0.6 is 11.8 Å². The minimum absolute atomic E-state index is 0.195. The van der Waals surface area contributed by atoms with Crippen LogP contribution in [0.1, 0.15) is 39.5 Å². The van der Waals surface area contributed by atoms with E-state index >= 15 is 0 Å². The SMILES string of the molecule is CSC1CCCC(NCC(O)COC(C)C)C1. The summed E-state index contributed by atoms with van der Waals surface area (Å²) in [6, 6.07) is 0.579. The van der Waals surface area contributed by atoms with Crippen molar-refractivity contribution in [3.05, 3.63) is 0 Å². The van der Waals surface area contributed by atoms with E-state index in [-0.39, 0.29) is 12.2 Å². The summed E-state index contributed by atoms with van der Waals surface area (Å²) in [6.45, 7) is 5.07. The van der Waals surface area contributed by atoms with Crippen molar-refractivity contribution in [2.45, 2.75) is 63.0 Å². The van der Waals surface area contributed by atoms with E-state index < -0.39 is 0 Å². The van der Waals surface area contributed by atoms with Gasteiger partial charge in [-0.1, -0.05) is 6.42 Å². The van der Waals surface area contributed by atoms with Gasteiger partial charge in [-0.15, -0.1) is 0 Å². The van der Waals surface area contributed by atoms with Crippen LogP contribution in [0.2, 0.25) is 0 Å². The van der Waals surface area contributed by atoms with Crippen molar-refractivity contribution >= 4 is 11.8 Å². The predicted molar refractivity (Wildman–Crippen MR) is 74.7 cm³/mol. The summed E-state index contributed by atoms with van der Waals surface area (Å²) in [4.78, 5) is 0. The van der Waals surface area contributed by atoms with Crippen molar-refractivity contribution < 1.29 is 9.84 Å². The van der Waals surface area contributed by atoms with Gasteiger partial charge in [-0.05, 0) is 39.4 Å². The Morgan fingerprint density at radius 1 is 1.41 bits per heavy atom. The smallest absolute Gasteiger partial charge is 0.0897 e. The third kappa shape index (κ3) is 6.65. The summed E-state index contributed by atoms with van der Waals surface area (Å²) in [6.07, 6.45) is 7.14. The molecule has 2 N–H and O–H groups in total. The van der Waals surface area contributed by atoms with Gasteiger partial charge in [-0.2, -0.15) is 11.8 Å². The Hall–Kier alpha value is 0.230. The van der Waals surface area contributed by atoms with Crippen molar-refractivity contribution in [3.8, 4) is 0 Å². The van der Waals surface area contributed by atoms with E-state index in [2.05, 4.69) is 11.6 Å². The lowest BCUT2D eigenvalue weighted by Gasteiger charge is -2.29. The second-order valence-electron chi connectivity index (χ2n) is 5.17. The highest BCUT2D eigenvalue weighted by atomic mass is 32.2. The van der Waals surface area contributed by atoms with Gasteiger partial charge >= 0.3 is 0 Å². The lowest BCUT2D eigenvalue weighted by molar-refractivity contribution is 0.00507. The van der Waals surface area contributed by atoms with E-state index in [4.69, 9.17) is 4.74 Å².